The van der Waals surface area contributed by atoms with Gasteiger partial charge in [0.1, 0.15) is 0 Å². The van der Waals surface area contributed by atoms with Crippen molar-refractivity contribution in [3.63, 3.8) is 0 Å². The first kappa shape index (κ1) is 17.9. The maximum absolute atomic E-state index is 12.4. The average Bonchev–Trinajstić information content (AvgIpc) is 2.59. The van der Waals surface area contributed by atoms with Crippen LogP contribution in [0.1, 0.15) is 35.3 Å². The normalized spacial score (nSPS) is 11.0. The van der Waals surface area contributed by atoms with E-state index in [4.69, 9.17) is 9.47 Å². The Hall–Kier alpha value is -2.49. The fourth-order valence-corrected chi connectivity index (χ4v) is 2.58. The summed E-state index contributed by atoms with van der Waals surface area (Å²) < 4.78 is 10.6. The molecule has 2 aromatic rings. The largest absolute Gasteiger partial charge is 0.493 e. The second kappa shape index (κ2) is 7.39. The maximum Gasteiger partial charge on any atom is 0.251 e. The zero-order valence-electron chi connectivity index (χ0n) is 15.0. The van der Waals surface area contributed by atoms with Crippen LogP contribution in [0.2, 0.25) is 0 Å². The van der Waals surface area contributed by atoms with Crippen LogP contribution in [-0.2, 0) is 5.41 Å². The number of carbonyl (C=O) groups excluding carboxylic acids is 1. The summed E-state index contributed by atoms with van der Waals surface area (Å²) in [7, 11) is 3.24. The van der Waals surface area contributed by atoms with Crippen LogP contribution in [0.3, 0.4) is 0 Å². The number of nitrogens with one attached hydrogen (secondary N) is 1. The van der Waals surface area contributed by atoms with Gasteiger partial charge in [0.15, 0.2) is 11.5 Å². The molecule has 128 valence electrons. The average molecular weight is 327 g/mol. The molecule has 0 aliphatic carbocycles. The third-order valence-corrected chi connectivity index (χ3v) is 4.25. The van der Waals surface area contributed by atoms with E-state index in [-0.39, 0.29) is 11.3 Å². The van der Waals surface area contributed by atoms with Crippen molar-refractivity contribution in [2.75, 3.05) is 20.8 Å². The summed E-state index contributed by atoms with van der Waals surface area (Å²) in [6, 6.07) is 13.4. The van der Waals surface area contributed by atoms with E-state index in [1.165, 1.54) is 0 Å². The maximum atomic E-state index is 12.4. The minimum absolute atomic E-state index is 0.0540. The number of amides is 1. The van der Waals surface area contributed by atoms with Gasteiger partial charge in [-0.2, -0.15) is 0 Å². The Morgan fingerprint density at radius 1 is 1.04 bits per heavy atom. The van der Waals surface area contributed by atoms with Gasteiger partial charge in [-0.25, -0.2) is 0 Å². The zero-order chi connectivity index (χ0) is 17.7. The molecule has 0 aromatic heterocycles. The van der Waals surface area contributed by atoms with E-state index in [9.17, 15) is 4.79 Å². The molecule has 1 amide bonds. The number of methoxy groups -OCH3 is 2. The second-order valence-corrected chi connectivity index (χ2v) is 6.45. The van der Waals surface area contributed by atoms with Crippen molar-refractivity contribution in [3.05, 3.63) is 59.2 Å². The number of hydrogen-bond donors (Lipinski definition) is 1. The molecule has 4 heteroatoms. The van der Waals surface area contributed by atoms with Gasteiger partial charge in [-0.3, -0.25) is 4.79 Å². The van der Waals surface area contributed by atoms with Gasteiger partial charge in [-0.15, -0.1) is 0 Å². The van der Waals surface area contributed by atoms with Gasteiger partial charge >= 0.3 is 0 Å². The summed E-state index contributed by atoms with van der Waals surface area (Å²) in [4.78, 5) is 12.4. The fourth-order valence-electron chi connectivity index (χ4n) is 2.58. The molecule has 24 heavy (non-hydrogen) atoms. The van der Waals surface area contributed by atoms with Crippen molar-refractivity contribution < 1.29 is 14.3 Å². The molecular weight excluding hydrogens is 302 g/mol. The van der Waals surface area contributed by atoms with Gasteiger partial charge in [0.2, 0.25) is 0 Å². The molecular formula is C20H25NO3. The predicted octanol–water partition coefficient (Wildman–Crippen LogP) is 3.72. The molecule has 0 atom stereocenters. The lowest BCUT2D eigenvalue weighted by atomic mass is 9.84. The summed E-state index contributed by atoms with van der Waals surface area (Å²) in [5.74, 6) is 1.33. The van der Waals surface area contributed by atoms with Crippen LogP contribution in [0.15, 0.2) is 42.5 Å². The molecule has 0 heterocycles. The molecule has 4 nitrogen and oxygen atoms in total. The highest BCUT2D eigenvalue weighted by Crippen LogP contribution is 2.32. The number of aryl methyl sites for hydroxylation is 1. The molecule has 0 aliphatic rings. The highest BCUT2D eigenvalue weighted by Gasteiger charge is 2.23. The smallest absolute Gasteiger partial charge is 0.251 e. The molecule has 0 aliphatic heterocycles. The Balaban J connectivity index is 2.14. The Morgan fingerprint density at radius 3 is 2.33 bits per heavy atom. The van der Waals surface area contributed by atoms with Gasteiger partial charge in [-0.05, 0) is 36.2 Å². The standard InChI is InChI=1S/C20H25NO3/c1-14-8-6-7-9-16(14)19(22)21-13-20(2,3)15-10-11-17(23-4)18(12-15)24-5/h6-12H,13H2,1-5H3,(H,21,22). The van der Waals surface area contributed by atoms with Crippen molar-refractivity contribution >= 4 is 5.91 Å². The molecule has 0 fully saturated rings. The van der Waals surface area contributed by atoms with Crippen molar-refractivity contribution in [1.82, 2.24) is 5.32 Å². The van der Waals surface area contributed by atoms with Crippen LogP contribution in [0.25, 0.3) is 0 Å². The third kappa shape index (κ3) is 3.88. The summed E-state index contributed by atoms with van der Waals surface area (Å²) in [5.41, 5.74) is 2.52. The molecule has 2 aromatic carbocycles. The van der Waals surface area contributed by atoms with E-state index >= 15 is 0 Å². The Labute approximate surface area is 143 Å². The summed E-state index contributed by atoms with van der Waals surface area (Å²) in [5, 5.41) is 3.03. The number of ether oxygens (including phenoxy) is 2. The van der Waals surface area contributed by atoms with Crippen LogP contribution in [0.5, 0.6) is 11.5 Å². The first-order chi connectivity index (χ1) is 11.4. The van der Waals surface area contributed by atoms with E-state index in [2.05, 4.69) is 19.2 Å². The summed E-state index contributed by atoms with van der Waals surface area (Å²) >= 11 is 0. The molecule has 1 N–H and O–H groups in total. The number of carbonyl (C=O) groups is 1. The molecule has 0 saturated carbocycles. The van der Waals surface area contributed by atoms with Crippen molar-refractivity contribution in [2.45, 2.75) is 26.2 Å². The van der Waals surface area contributed by atoms with E-state index in [1.54, 1.807) is 14.2 Å². The van der Waals surface area contributed by atoms with E-state index in [1.807, 2.05) is 49.4 Å². The topological polar surface area (TPSA) is 47.6 Å². The highest BCUT2D eigenvalue weighted by atomic mass is 16.5. The lowest BCUT2D eigenvalue weighted by Crippen LogP contribution is -2.37. The quantitative estimate of drug-likeness (QED) is 0.879. The molecule has 0 saturated heterocycles. The van der Waals surface area contributed by atoms with Crippen molar-refractivity contribution in [1.29, 1.82) is 0 Å². The number of hydrogen-bond acceptors (Lipinski definition) is 3. The van der Waals surface area contributed by atoms with Crippen LogP contribution >= 0.6 is 0 Å². The fraction of sp³-hybridized carbons (Fsp3) is 0.350. The summed E-state index contributed by atoms with van der Waals surface area (Å²) in [6.07, 6.45) is 0. The van der Waals surface area contributed by atoms with Crippen LogP contribution in [0, 0.1) is 6.92 Å². The van der Waals surface area contributed by atoms with Crippen molar-refractivity contribution in [2.24, 2.45) is 0 Å². The highest BCUT2D eigenvalue weighted by molar-refractivity contribution is 5.95. The van der Waals surface area contributed by atoms with Gasteiger partial charge < -0.3 is 14.8 Å². The molecule has 0 radical (unpaired) electrons. The lowest BCUT2D eigenvalue weighted by Gasteiger charge is -2.26. The Morgan fingerprint density at radius 2 is 1.71 bits per heavy atom. The molecule has 0 bridgehead atoms. The Kier molecular flexibility index (Phi) is 5.50. The van der Waals surface area contributed by atoms with Gasteiger partial charge in [0, 0.05) is 17.5 Å². The van der Waals surface area contributed by atoms with E-state index < -0.39 is 0 Å². The zero-order valence-corrected chi connectivity index (χ0v) is 15.0. The first-order valence-corrected chi connectivity index (χ1v) is 7.95. The number of benzene rings is 2. The minimum Gasteiger partial charge on any atom is -0.493 e. The minimum atomic E-state index is -0.238. The second-order valence-electron chi connectivity index (χ2n) is 6.45. The van der Waals surface area contributed by atoms with E-state index in [0.717, 1.165) is 11.1 Å². The van der Waals surface area contributed by atoms with Gasteiger partial charge in [-0.1, -0.05) is 38.1 Å². The SMILES string of the molecule is COc1ccc(C(C)(C)CNC(=O)c2ccccc2C)cc1OC. The summed E-state index contributed by atoms with van der Waals surface area (Å²) in [6.45, 7) is 6.64. The third-order valence-electron chi connectivity index (χ3n) is 4.25. The van der Waals surface area contributed by atoms with Crippen molar-refractivity contribution in [3.8, 4) is 11.5 Å². The van der Waals surface area contributed by atoms with Crippen LogP contribution in [0.4, 0.5) is 0 Å². The van der Waals surface area contributed by atoms with E-state index in [0.29, 0.717) is 23.6 Å². The Bertz CT molecular complexity index is 723. The lowest BCUT2D eigenvalue weighted by molar-refractivity contribution is 0.0945. The molecule has 0 spiro atoms. The molecule has 2 rings (SSSR count). The van der Waals surface area contributed by atoms with Crippen LogP contribution < -0.4 is 14.8 Å². The molecule has 0 unspecified atom stereocenters. The van der Waals surface area contributed by atoms with Gasteiger partial charge in [0.25, 0.3) is 5.91 Å². The first-order valence-electron chi connectivity index (χ1n) is 7.95. The number of rotatable bonds is 6. The van der Waals surface area contributed by atoms with Crippen LogP contribution in [-0.4, -0.2) is 26.7 Å². The van der Waals surface area contributed by atoms with Gasteiger partial charge in [0.05, 0.1) is 14.2 Å². The monoisotopic (exact) mass is 327 g/mol. The predicted molar refractivity (Wildman–Crippen MR) is 96.1 cm³/mol.